The molecule has 2 amide bonds. The molecule has 11 heteroatoms. The van der Waals surface area contributed by atoms with Gasteiger partial charge in [0.2, 0.25) is 5.88 Å². The second-order valence-corrected chi connectivity index (χ2v) is 10.1. The van der Waals surface area contributed by atoms with Crippen molar-refractivity contribution in [3.63, 3.8) is 0 Å². The summed E-state index contributed by atoms with van der Waals surface area (Å²) in [5.41, 5.74) is 3.14. The van der Waals surface area contributed by atoms with E-state index in [-0.39, 0.29) is 17.2 Å². The van der Waals surface area contributed by atoms with Crippen LogP contribution < -0.4 is 15.4 Å². The number of nitrogens with one attached hydrogen (secondary N) is 2. The first kappa shape index (κ1) is 26.1. The van der Waals surface area contributed by atoms with Crippen molar-refractivity contribution in [1.82, 2.24) is 19.6 Å². The lowest BCUT2D eigenvalue weighted by Crippen LogP contribution is -2.15. The van der Waals surface area contributed by atoms with Crippen molar-refractivity contribution in [2.45, 2.75) is 18.3 Å². The summed E-state index contributed by atoms with van der Waals surface area (Å²) < 4.78 is 7.45. The minimum Gasteiger partial charge on any atom is -0.438 e. The quantitative estimate of drug-likeness (QED) is 0.172. The van der Waals surface area contributed by atoms with Crippen molar-refractivity contribution < 1.29 is 14.3 Å². The lowest BCUT2D eigenvalue weighted by Gasteiger charge is -2.14. The molecule has 1 aliphatic rings. The highest BCUT2D eigenvalue weighted by Crippen LogP contribution is 2.48. The number of nitrogens with zero attached hydrogens (tertiary/aromatic N) is 5. The number of amides is 2. The van der Waals surface area contributed by atoms with Crippen LogP contribution in [0.15, 0.2) is 90.2 Å². The highest BCUT2D eigenvalue weighted by atomic mass is 35.5. The largest absolute Gasteiger partial charge is 0.438 e. The number of ether oxygens (including phenoxy) is 1. The lowest BCUT2D eigenvalue weighted by atomic mass is 9.94. The van der Waals surface area contributed by atoms with E-state index >= 15 is 0 Å². The van der Waals surface area contributed by atoms with Gasteiger partial charge in [0.25, 0.3) is 11.8 Å². The molecule has 3 aromatic heterocycles. The van der Waals surface area contributed by atoms with Gasteiger partial charge in [-0.05, 0) is 67.6 Å². The van der Waals surface area contributed by atoms with Crippen molar-refractivity contribution in [2.24, 2.45) is 4.99 Å². The van der Waals surface area contributed by atoms with Crippen molar-refractivity contribution in [2.75, 3.05) is 17.2 Å². The maximum atomic E-state index is 13.0. The molecule has 0 aliphatic heterocycles. The molecule has 10 nitrogen and oxygen atoms in total. The monoisotopic (exact) mass is 565 g/mol. The number of fused-ring (bicyclic) bond motifs is 1. The molecule has 0 radical (unpaired) electrons. The fourth-order valence-corrected chi connectivity index (χ4v) is 4.64. The summed E-state index contributed by atoms with van der Waals surface area (Å²) in [5.74, 6) is 0.517. The first-order valence-corrected chi connectivity index (χ1v) is 13.2. The van der Waals surface area contributed by atoms with Crippen molar-refractivity contribution in [1.29, 1.82) is 0 Å². The van der Waals surface area contributed by atoms with Crippen LogP contribution >= 0.6 is 11.6 Å². The summed E-state index contributed by atoms with van der Waals surface area (Å²) in [4.78, 5) is 37.9. The van der Waals surface area contributed by atoms with Gasteiger partial charge in [-0.3, -0.25) is 9.59 Å². The van der Waals surface area contributed by atoms with E-state index in [0.717, 1.165) is 18.4 Å². The molecule has 204 valence electrons. The normalized spacial score (nSPS) is 13.4. The first-order chi connectivity index (χ1) is 19.9. The van der Waals surface area contributed by atoms with E-state index in [1.165, 1.54) is 16.8 Å². The number of hydrogen-bond acceptors (Lipinski definition) is 7. The highest BCUT2D eigenvalue weighted by molar-refractivity contribution is 6.29. The molecule has 1 aliphatic carbocycles. The van der Waals surface area contributed by atoms with Gasteiger partial charge in [0, 0.05) is 41.5 Å². The Morgan fingerprint density at radius 2 is 1.83 bits per heavy atom. The number of aliphatic imine (C=N–C) groups is 1. The van der Waals surface area contributed by atoms with E-state index in [1.54, 1.807) is 54.7 Å². The van der Waals surface area contributed by atoms with E-state index in [0.29, 0.717) is 51.6 Å². The van der Waals surface area contributed by atoms with Gasteiger partial charge in [-0.1, -0.05) is 29.8 Å². The van der Waals surface area contributed by atoms with Crippen molar-refractivity contribution in [3.05, 3.63) is 107 Å². The van der Waals surface area contributed by atoms with Crippen LogP contribution in [0.5, 0.6) is 11.6 Å². The Bertz CT molecular complexity index is 1780. The molecule has 3 heterocycles. The van der Waals surface area contributed by atoms with Gasteiger partial charge >= 0.3 is 0 Å². The Labute approximate surface area is 240 Å². The zero-order valence-corrected chi connectivity index (χ0v) is 22.5. The zero-order valence-electron chi connectivity index (χ0n) is 21.8. The predicted molar refractivity (Wildman–Crippen MR) is 156 cm³/mol. The second kappa shape index (κ2) is 10.8. The van der Waals surface area contributed by atoms with Gasteiger partial charge in [-0.25, -0.2) is 14.5 Å². The molecular formula is C30H24ClN7O3. The minimum absolute atomic E-state index is 0.00959. The minimum atomic E-state index is -0.375. The van der Waals surface area contributed by atoms with Crippen LogP contribution in [-0.2, 0) is 5.41 Å². The van der Waals surface area contributed by atoms with Gasteiger partial charge in [-0.15, -0.1) is 5.10 Å². The molecule has 0 atom stereocenters. The van der Waals surface area contributed by atoms with Gasteiger partial charge < -0.3 is 20.4 Å². The van der Waals surface area contributed by atoms with Crippen molar-refractivity contribution in [3.8, 4) is 11.6 Å². The number of hydrogen-bond donors (Lipinski definition) is 2. The van der Waals surface area contributed by atoms with Crippen LogP contribution in [0.2, 0.25) is 5.15 Å². The Kier molecular flexibility index (Phi) is 6.90. The molecular weight excluding hydrogens is 542 g/mol. The maximum Gasteiger partial charge on any atom is 0.258 e. The average molecular weight is 566 g/mol. The number of aromatic nitrogens is 4. The van der Waals surface area contributed by atoms with Gasteiger partial charge in [0.05, 0.1) is 11.8 Å². The van der Waals surface area contributed by atoms with E-state index in [2.05, 4.69) is 37.4 Å². The van der Waals surface area contributed by atoms with E-state index in [9.17, 15) is 9.59 Å². The van der Waals surface area contributed by atoms with Gasteiger partial charge in [0.1, 0.15) is 10.9 Å². The highest BCUT2D eigenvalue weighted by Gasteiger charge is 2.44. The summed E-state index contributed by atoms with van der Waals surface area (Å²) in [6.07, 6.45) is 5.06. The Hall–Kier alpha value is -5.09. The van der Waals surface area contributed by atoms with Crippen molar-refractivity contribution >= 4 is 47.3 Å². The summed E-state index contributed by atoms with van der Waals surface area (Å²) in [6, 6.07) is 21.2. The molecule has 0 bridgehead atoms. The number of halogens is 1. The first-order valence-electron chi connectivity index (χ1n) is 12.8. The number of carbonyl (C=O) groups is 2. The predicted octanol–water partition coefficient (Wildman–Crippen LogP) is 5.81. The Morgan fingerprint density at radius 3 is 2.61 bits per heavy atom. The van der Waals surface area contributed by atoms with E-state index in [1.807, 2.05) is 18.2 Å². The molecule has 41 heavy (non-hydrogen) atoms. The molecule has 0 spiro atoms. The Morgan fingerprint density at radius 1 is 1.00 bits per heavy atom. The van der Waals surface area contributed by atoms with Crippen LogP contribution in [0, 0.1) is 0 Å². The number of rotatable bonds is 9. The average Bonchev–Trinajstić information content (AvgIpc) is 3.65. The molecule has 1 fully saturated rings. The number of anilines is 2. The SMILES string of the molecule is C=NCC1(c2cccc(C(=O)Nc3cccc(Oc4ccc5nc(NC(=O)c6ccc(Cl)nc6)cn5n4)c3)c2)CC1. The van der Waals surface area contributed by atoms with Crippen LogP contribution in [0.1, 0.15) is 39.1 Å². The fourth-order valence-electron chi connectivity index (χ4n) is 4.53. The number of imidazole rings is 1. The standard InChI is InChI=1S/C30H24ClN7O3/c1-32-18-30(12-13-30)21-5-2-4-19(14-21)28(39)34-22-6-3-7-23(15-22)41-27-11-10-26-35-25(17-38(26)37-27)36-29(40)20-8-9-24(31)33-16-20/h2-11,14-17H,1,12-13,18H2,(H,34,39)(H,36,40). The lowest BCUT2D eigenvalue weighted by molar-refractivity contribution is 0.101. The molecule has 0 saturated heterocycles. The summed E-state index contributed by atoms with van der Waals surface area (Å²) in [7, 11) is 0. The molecule has 5 aromatic rings. The molecule has 6 rings (SSSR count). The van der Waals surface area contributed by atoms with Crippen LogP contribution in [0.4, 0.5) is 11.5 Å². The Balaban J connectivity index is 1.13. The molecule has 1 saturated carbocycles. The van der Waals surface area contributed by atoms with Crippen LogP contribution in [-0.4, -0.2) is 44.7 Å². The molecule has 2 aromatic carbocycles. The van der Waals surface area contributed by atoms with Crippen LogP contribution in [0.25, 0.3) is 5.65 Å². The molecule has 2 N–H and O–H groups in total. The zero-order chi connectivity index (χ0) is 28.4. The summed E-state index contributed by atoms with van der Waals surface area (Å²) in [6.45, 7) is 4.29. The smallest absolute Gasteiger partial charge is 0.258 e. The molecule has 0 unspecified atom stereocenters. The summed E-state index contributed by atoms with van der Waals surface area (Å²) >= 11 is 5.79. The van der Waals surface area contributed by atoms with E-state index < -0.39 is 0 Å². The van der Waals surface area contributed by atoms with Gasteiger partial charge in [-0.2, -0.15) is 0 Å². The maximum absolute atomic E-state index is 13.0. The summed E-state index contributed by atoms with van der Waals surface area (Å²) in [5, 5.41) is 10.4. The third-order valence-corrected chi connectivity index (χ3v) is 7.07. The second-order valence-electron chi connectivity index (χ2n) is 9.75. The van der Waals surface area contributed by atoms with Gasteiger partial charge in [0.15, 0.2) is 11.5 Å². The van der Waals surface area contributed by atoms with E-state index in [4.69, 9.17) is 16.3 Å². The number of pyridine rings is 1. The third kappa shape index (κ3) is 5.78. The number of benzene rings is 2. The topological polar surface area (TPSA) is 123 Å². The fraction of sp³-hybridized carbons (Fsp3) is 0.133. The number of carbonyl (C=O) groups excluding carboxylic acids is 2. The van der Waals surface area contributed by atoms with Crippen LogP contribution in [0.3, 0.4) is 0 Å². The third-order valence-electron chi connectivity index (χ3n) is 6.85.